The van der Waals surface area contributed by atoms with E-state index < -0.39 is 0 Å². The molecule has 0 spiro atoms. The second kappa shape index (κ2) is 6.06. The fraction of sp³-hybridized carbons (Fsp3) is 0.188. The van der Waals surface area contributed by atoms with Crippen molar-refractivity contribution in [3.05, 3.63) is 59.6 Å². The molecule has 0 radical (unpaired) electrons. The molecule has 0 aliphatic carbocycles. The number of hydrogen-bond acceptors (Lipinski definition) is 4. The number of benzene rings is 1. The van der Waals surface area contributed by atoms with Crippen LogP contribution in [0.3, 0.4) is 0 Å². The molecule has 21 heavy (non-hydrogen) atoms. The van der Waals surface area contributed by atoms with Gasteiger partial charge in [-0.05, 0) is 47.9 Å². The summed E-state index contributed by atoms with van der Waals surface area (Å²) in [6.45, 7) is 0.849. The van der Waals surface area contributed by atoms with Crippen molar-refractivity contribution in [2.45, 2.75) is 6.42 Å². The Kier molecular flexibility index (Phi) is 3.97. The third-order valence-electron chi connectivity index (χ3n) is 3.40. The molecular weight excluding hydrogens is 284 g/mol. The summed E-state index contributed by atoms with van der Waals surface area (Å²) >= 11 is 6.03. The van der Waals surface area contributed by atoms with Crippen LogP contribution in [0.1, 0.15) is 5.56 Å². The number of likely N-dealkylation sites (N-methyl/N-ethyl adjacent to an activating group) is 1. The van der Waals surface area contributed by atoms with Crippen LogP contribution >= 0.6 is 11.6 Å². The van der Waals surface area contributed by atoms with Gasteiger partial charge in [-0.3, -0.25) is 4.98 Å². The zero-order valence-electron chi connectivity index (χ0n) is 11.7. The van der Waals surface area contributed by atoms with Gasteiger partial charge >= 0.3 is 0 Å². The molecule has 0 fully saturated rings. The van der Waals surface area contributed by atoms with Crippen molar-refractivity contribution in [1.82, 2.24) is 15.0 Å². The van der Waals surface area contributed by atoms with Crippen LogP contribution in [0.25, 0.3) is 10.9 Å². The summed E-state index contributed by atoms with van der Waals surface area (Å²) in [6, 6.07) is 12.0. The SMILES string of the molecule is CN(CCc1ccncc1)c1nc(Cl)nc2ccccc12. The first-order valence-corrected chi connectivity index (χ1v) is 7.14. The fourth-order valence-electron chi connectivity index (χ4n) is 2.28. The highest BCUT2D eigenvalue weighted by atomic mass is 35.5. The van der Waals surface area contributed by atoms with E-state index in [9.17, 15) is 0 Å². The molecule has 0 aliphatic heterocycles. The highest BCUT2D eigenvalue weighted by Gasteiger charge is 2.10. The average molecular weight is 299 g/mol. The van der Waals surface area contributed by atoms with Crippen LogP contribution in [-0.2, 0) is 6.42 Å². The van der Waals surface area contributed by atoms with Gasteiger partial charge in [-0.25, -0.2) is 4.98 Å². The Hall–Kier alpha value is -2.20. The summed E-state index contributed by atoms with van der Waals surface area (Å²) in [4.78, 5) is 14.8. The maximum Gasteiger partial charge on any atom is 0.224 e. The zero-order valence-corrected chi connectivity index (χ0v) is 12.5. The van der Waals surface area contributed by atoms with Crippen LogP contribution in [0.5, 0.6) is 0 Å². The Balaban J connectivity index is 1.86. The molecule has 0 atom stereocenters. The highest BCUT2D eigenvalue weighted by molar-refractivity contribution is 6.28. The van der Waals surface area contributed by atoms with E-state index in [1.807, 2.05) is 55.8 Å². The summed E-state index contributed by atoms with van der Waals surface area (Å²) in [6.07, 6.45) is 4.55. The molecule has 1 aromatic carbocycles. The first-order chi connectivity index (χ1) is 10.2. The Bertz CT molecular complexity index is 746. The molecule has 2 aromatic heterocycles. The van der Waals surface area contributed by atoms with Crippen molar-refractivity contribution in [1.29, 1.82) is 0 Å². The van der Waals surface area contributed by atoms with Gasteiger partial charge < -0.3 is 4.90 Å². The third-order valence-corrected chi connectivity index (χ3v) is 3.57. The summed E-state index contributed by atoms with van der Waals surface area (Å²) in [5, 5.41) is 1.29. The van der Waals surface area contributed by atoms with E-state index in [1.54, 1.807) is 0 Å². The second-order valence-corrected chi connectivity index (χ2v) is 5.20. The number of hydrogen-bond donors (Lipinski definition) is 0. The molecule has 106 valence electrons. The van der Waals surface area contributed by atoms with Crippen LogP contribution in [0.4, 0.5) is 5.82 Å². The molecule has 0 amide bonds. The van der Waals surface area contributed by atoms with Crippen LogP contribution in [0.15, 0.2) is 48.8 Å². The number of pyridine rings is 1. The van der Waals surface area contributed by atoms with Gasteiger partial charge in [0.2, 0.25) is 5.28 Å². The van der Waals surface area contributed by atoms with Crippen LogP contribution in [-0.4, -0.2) is 28.5 Å². The summed E-state index contributed by atoms with van der Waals surface area (Å²) in [5.74, 6) is 0.861. The van der Waals surface area contributed by atoms with Gasteiger partial charge in [0, 0.05) is 31.4 Å². The van der Waals surface area contributed by atoms with Gasteiger partial charge in [0.25, 0.3) is 0 Å². The largest absolute Gasteiger partial charge is 0.359 e. The quantitative estimate of drug-likeness (QED) is 0.693. The van der Waals surface area contributed by atoms with Crippen molar-refractivity contribution in [2.24, 2.45) is 0 Å². The minimum absolute atomic E-state index is 0.277. The van der Waals surface area contributed by atoms with Crippen molar-refractivity contribution in [3.8, 4) is 0 Å². The van der Waals surface area contributed by atoms with Gasteiger partial charge in [-0.2, -0.15) is 4.98 Å². The maximum absolute atomic E-state index is 6.03. The standard InChI is InChI=1S/C16H15ClN4/c1-21(11-8-12-6-9-18-10-7-12)15-13-4-2-3-5-14(13)19-16(17)20-15/h2-7,9-10H,8,11H2,1H3. The lowest BCUT2D eigenvalue weighted by Gasteiger charge is -2.19. The molecule has 0 bridgehead atoms. The molecule has 3 aromatic rings. The lowest BCUT2D eigenvalue weighted by molar-refractivity contribution is 0.860. The fourth-order valence-corrected chi connectivity index (χ4v) is 2.45. The van der Waals surface area contributed by atoms with Gasteiger partial charge in [0.05, 0.1) is 5.52 Å². The Morgan fingerprint density at radius 3 is 2.62 bits per heavy atom. The number of halogens is 1. The van der Waals surface area contributed by atoms with E-state index in [4.69, 9.17) is 11.6 Å². The number of nitrogens with zero attached hydrogens (tertiary/aromatic N) is 4. The third kappa shape index (κ3) is 3.11. The topological polar surface area (TPSA) is 41.9 Å². The molecule has 3 rings (SSSR count). The van der Waals surface area contributed by atoms with Crippen molar-refractivity contribution in [3.63, 3.8) is 0 Å². The van der Waals surface area contributed by atoms with Gasteiger partial charge in [-0.15, -0.1) is 0 Å². The summed E-state index contributed by atoms with van der Waals surface area (Å²) in [7, 11) is 2.02. The van der Waals surface area contributed by atoms with E-state index in [1.165, 1.54) is 5.56 Å². The van der Waals surface area contributed by atoms with Gasteiger partial charge in [0.1, 0.15) is 5.82 Å². The van der Waals surface area contributed by atoms with E-state index >= 15 is 0 Å². The van der Waals surface area contributed by atoms with Crippen LogP contribution < -0.4 is 4.90 Å². The Labute approximate surface area is 128 Å². The predicted octanol–water partition coefficient (Wildman–Crippen LogP) is 3.36. The van der Waals surface area contributed by atoms with E-state index in [2.05, 4.69) is 19.9 Å². The van der Waals surface area contributed by atoms with Gasteiger partial charge in [0.15, 0.2) is 0 Å². The van der Waals surface area contributed by atoms with Crippen molar-refractivity contribution in [2.75, 3.05) is 18.5 Å². The van der Waals surface area contributed by atoms with Crippen LogP contribution in [0.2, 0.25) is 5.28 Å². The Morgan fingerprint density at radius 1 is 1.05 bits per heavy atom. The minimum Gasteiger partial charge on any atom is -0.359 e. The van der Waals surface area contributed by atoms with E-state index in [-0.39, 0.29) is 5.28 Å². The maximum atomic E-state index is 6.03. The number of para-hydroxylation sites is 1. The molecular formula is C16H15ClN4. The van der Waals surface area contributed by atoms with Gasteiger partial charge in [-0.1, -0.05) is 12.1 Å². The molecule has 5 heteroatoms. The van der Waals surface area contributed by atoms with Crippen molar-refractivity contribution >= 4 is 28.3 Å². The normalized spacial score (nSPS) is 10.8. The number of rotatable bonds is 4. The lowest BCUT2D eigenvalue weighted by Crippen LogP contribution is -2.22. The lowest BCUT2D eigenvalue weighted by atomic mass is 10.2. The predicted molar refractivity (Wildman–Crippen MR) is 85.8 cm³/mol. The monoisotopic (exact) mass is 298 g/mol. The number of aromatic nitrogens is 3. The first-order valence-electron chi connectivity index (χ1n) is 6.76. The Morgan fingerprint density at radius 2 is 1.81 bits per heavy atom. The molecule has 0 saturated carbocycles. The molecule has 0 aliphatic rings. The molecule has 2 heterocycles. The summed E-state index contributed by atoms with van der Waals surface area (Å²) < 4.78 is 0. The first kappa shape index (κ1) is 13.8. The summed E-state index contributed by atoms with van der Waals surface area (Å²) in [5.41, 5.74) is 2.12. The number of fused-ring (bicyclic) bond motifs is 1. The molecule has 4 nitrogen and oxygen atoms in total. The van der Waals surface area contributed by atoms with E-state index in [0.717, 1.165) is 29.7 Å². The average Bonchev–Trinajstić information content (AvgIpc) is 2.52. The smallest absolute Gasteiger partial charge is 0.224 e. The van der Waals surface area contributed by atoms with Crippen LogP contribution in [0, 0.1) is 0 Å². The zero-order chi connectivity index (χ0) is 14.7. The molecule has 0 saturated heterocycles. The second-order valence-electron chi connectivity index (χ2n) is 4.86. The molecule has 0 unspecified atom stereocenters. The highest BCUT2D eigenvalue weighted by Crippen LogP contribution is 2.24. The van der Waals surface area contributed by atoms with E-state index in [0.29, 0.717) is 0 Å². The number of anilines is 1. The van der Waals surface area contributed by atoms with Crippen molar-refractivity contribution < 1.29 is 0 Å². The molecule has 0 N–H and O–H groups in total. The minimum atomic E-state index is 0.277.